The number of hydrogen-bond donors (Lipinski definition) is 1. The third-order valence-corrected chi connectivity index (χ3v) is 2.65. The van der Waals surface area contributed by atoms with Crippen LogP contribution in [0.5, 0.6) is 0 Å². The Labute approximate surface area is 87.8 Å². The molecule has 1 aliphatic heterocycles. The quantitative estimate of drug-likeness (QED) is 0.646. The van der Waals surface area contributed by atoms with Crippen LogP contribution < -0.4 is 5.32 Å². The van der Waals surface area contributed by atoms with E-state index in [4.69, 9.17) is 4.74 Å². The van der Waals surface area contributed by atoms with Crippen LogP contribution in [0, 0.1) is 5.92 Å². The Hall–Kier alpha value is -0.120. The fourth-order valence-electron chi connectivity index (χ4n) is 1.80. The summed E-state index contributed by atoms with van der Waals surface area (Å²) in [6.45, 7) is 5.32. The zero-order chi connectivity index (χ0) is 10.2. The van der Waals surface area contributed by atoms with E-state index in [1.807, 2.05) is 0 Å². The Morgan fingerprint density at radius 2 is 2.29 bits per heavy atom. The molecule has 0 saturated carbocycles. The van der Waals surface area contributed by atoms with Crippen molar-refractivity contribution in [2.24, 2.45) is 5.92 Å². The molecule has 1 fully saturated rings. The van der Waals surface area contributed by atoms with Crippen LogP contribution in [0.1, 0.15) is 19.3 Å². The number of rotatable bonds is 6. The Bertz CT molecular complexity index is 133. The van der Waals surface area contributed by atoms with Crippen LogP contribution in [0.15, 0.2) is 0 Å². The molecule has 0 aromatic carbocycles. The van der Waals surface area contributed by atoms with Gasteiger partial charge < -0.3 is 15.0 Å². The topological polar surface area (TPSA) is 24.5 Å². The van der Waals surface area contributed by atoms with E-state index in [1.165, 1.54) is 19.4 Å². The molecular formula is C11H24N2O. The van der Waals surface area contributed by atoms with Crippen molar-refractivity contribution < 1.29 is 4.74 Å². The van der Waals surface area contributed by atoms with Crippen molar-refractivity contribution >= 4 is 0 Å². The van der Waals surface area contributed by atoms with Gasteiger partial charge in [-0.1, -0.05) is 0 Å². The second kappa shape index (κ2) is 7.21. The van der Waals surface area contributed by atoms with Gasteiger partial charge in [0.1, 0.15) is 0 Å². The third-order valence-electron chi connectivity index (χ3n) is 2.65. The summed E-state index contributed by atoms with van der Waals surface area (Å²) in [5, 5.41) is 3.41. The first-order chi connectivity index (χ1) is 6.79. The lowest BCUT2D eigenvalue weighted by Gasteiger charge is -2.22. The van der Waals surface area contributed by atoms with Crippen LogP contribution in [0.25, 0.3) is 0 Å². The molecular weight excluding hydrogens is 176 g/mol. The van der Waals surface area contributed by atoms with E-state index in [1.54, 1.807) is 0 Å². The minimum Gasteiger partial charge on any atom is -0.381 e. The van der Waals surface area contributed by atoms with Gasteiger partial charge in [-0.3, -0.25) is 0 Å². The van der Waals surface area contributed by atoms with Gasteiger partial charge in [0.15, 0.2) is 0 Å². The van der Waals surface area contributed by atoms with Crippen molar-refractivity contribution in [1.82, 2.24) is 10.2 Å². The van der Waals surface area contributed by atoms with Gasteiger partial charge in [0.05, 0.1) is 6.61 Å². The standard InChI is InChI=1S/C11H24N2O/c1-13(2)7-4-8-14-10-11-5-3-6-12-9-11/h11-12H,3-10H2,1-2H3. The predicted octanol–water partition coefficient (Wildman–Crippen LogP) is 0.954. The van der Waals surface area contributed by atoms with Gasteiger partial charge in [0.2, 0.25) is 0 Å². The highest BCUT2D eigenvalue weighted by Gasteiger charge is 2.12. The summed E-state index contributed by atoms with van der Waals surface area (Å²) in [7, 11) is 4.20. The molecule has 3 heteroatoms. The van der Waals surface area contributed by atoms with Crippen molar-refractivity contribution in [2.45, 2.75) is 19.3 Å². The number of ether oxygens (including phenoxy) is 1. The van der Waals surface area contributed by atoms with Gasteiger partial charge >= 0.3 is 0 Å². The maximum atomic E-state index is 5.66. The Balaban J connectivity index is 1.87. The zero-order valence-corrected chi connectivity index (χ0v) is 9.59. The highest BCUT2D eigenvalue weighted by molar-refractivity contribution is 4.68. The molecule has 1 heterocycles. The summed E-state index contributed by atoms with van der Waals surface area (Å²) in [6.07, 6.45) is 3.79. The number of hydrogen-bond acceptors (Lipinski definition) is 3. The largest absolute Gasteiger partial charge is 0.381 e. The van der Waals surface area contributed by atoms with Gasteiger partial charge in [-0.2, -0.15) is 0 Å². The minimum atomic E-state index is 0.753. The molecule has 0 spiro atoms. The molecule has 0 bridgehead atoms. The highest BCUT2D eigenvalue weighted by atomic mass is 16.5. The number of nitrogens with one attached hydrogen (secondary N) is 1. The van der Waals surface area contributed by atoms with Crippen molar-refractivity contribution in [3.63, 3.8) is 0 Å². The molecule has 0 aliphatic carbocycles. The molecule has 1 N–H and O–H groups in total. The maximum absolute atomic E-state index is 5.66. The molecule has 1 rings (SSSR count). The fourth-order valence-corrected chi connectivity index (χ4v) is 1.80. The first kappa shape index (κ1) is 12.0. The lowest BCUT2D eigenvalue weighted by Crippen LogP contribution is -2.32. The molecule has 1 unspecified atom stereocenters. The summed E-state index contributed by atoms with van der Waals surface area (Å²) >= 11 is 0. The second-order valence-corrected chi connectivity index (χ2v) is 4.44. The molecule has 3 nitrogen and oxygen atoms in total. The number of nitrogens with zero attached hydrogens (tertiary/aromatic N) is 1. The monoisotopic (exact) mass is 200 g/mol. The number of piperidine rings is 1. The van der Waals surface area contributed by atoms with Gasteiger partial charge in [-0.05, 0) is 52.4 Å². The molecule has 0 aromatic rings. The summed E-state index contributed by atoms with van der Waals surface area (Å²) < 4.78 is 5.66. The third kappa shape index (κ3) is 5.58. The van der Waals surface area contributed by atoms with E-state index in [0.29, 0.717) is 0 Å². The van der Waals surface area contributed by atoms with E-state index < -0.39 is 0 Å². The van der Waals surface area contributed by atoms with E-state index in [2.05, 4.69) is 24.3 Å². The predicted molar refractivity (Wildman–Crippen MR) is 59.6 cm³/mol. The zero-order valence-electron chi connectivity index (χ0n) is 9.59. The van der Waals surface area contributed by atoms with E-state index in [0.717, 1.165) is 38.6 Å². The summed E-state index contributed by atoms with van der Waals surface area (Å²) in [6, 6.07) is 0. The van der Waals surface area contributed by atoms with Gasteiger partial charge in [0.25, 0.3) is 0 Å². The average Bonchev–Trinajstić information content (AvgIpc) is 2.18. The van der Waals surface area contributed by atoms with Crippen LogP contribution in [0.2, 0.25) is 0 Å². The van der Waals surface area contributed by atoms with Crippen LogP contribution in [0.4, 0.5) is 0 Å². The van der Waals surface area contributed by atoms with E-state index in [9.17, 15) is 0 Å². The van der Waals surface area contributed by atoms with Gasteiger partial charge in [0, 0.05) is 13.2 Å². The first-order valence-corrected chi connectivity index (χ1v) is 5.72. The fraction of sp³-hybridized carbons (Fsp3) is 1.00. The summed E-state index contributed by atoms with van der Waals surface area (Å²) in [5.74, 6) is 0.753. The van der Waals surface area contributed by atoms with E-state index in [-0.39, 0.29) is 0 Å². The van der Waals surface area contributed by atoms with Crippen LogP contribution in [-0.2, 0) is 4.74 Å². The van der Waals surface area contributed by atoms with Gasteiger partial charge in [-0.25, -0.2) is 0 Å². The summed E-state index contributed by atoms with van der Waals surface area (Å²) in [4.78, 5) is 2.20. The van der Waals surface area contributed by atoms with Crippen molar-refractivity contribution in [3.8, 4) is 0 Å². The summed E-state index contributed by atoms with van der Waals surface area (Å²) in [5.41, 5.74) is 0. The van der Waals surface area contributed by atoms with E-state index >= 15 is 0 Å². The molecule has 1 aliphatic rings. The van der Waals surface area contributed by atoms with Crippen LogP contribution in [-0.4, -0.2) is 51.8 Å². The van der Waals surface area contributed by atoms with Crippen molar-refractivity contribution in [3.05, 3.63) is 0 Å². The normalized spacial score (nSPS) is 22.9. The van der Waals surface area contributed by atoms with Crippen LogP contribution in [0.3, 0.4) is 0 Å². The molecule has 0 aromatic heterocycles. The molecule has 0 radical (unpaired) electrons. The second-order valence-electron chi connectivity index (χ2n) is 4.44. The Morgan fingerprint density at radius 3 is 2.93 bits per heavy atom. The smallest absolute Gasteiger partial charge is 0.0506 e. The SMILES string of the molecule is CN(C)CCCOCC1CCCNC1. The molecule has 0 amide bonds. The van der Waals surface area contributed by atoms with Crippen molar-refractivity contribution in [2.75, 3.05) is 46.9 Å². The Kier molecular flexibility index (Phi) is 6.15. The lowest BCUT2D eigenvalue weighted by atomic mass is 10.0. The molecule has 1 saturated heterocycles. The molecule has 84 valence electrons. The first-order valence-electron chi connectivity index (χ1n) is 5.72. The van der Waals surface area contributed by atoms with Crippen LogP contribution >= 0.6 is 0 Å². The van der Waals surface area contributed by atoms with Crippen molar-refractivity contribution in [1.29, 1.82) is 0 Å². The van der Waals surface area contributed by atoms with Gasteiger partial charge in [-0.15, -0.1) is 0 Å². The maximum Gasteiger partial charge on any atom is 0.0506 e. The Morgan fingerprint density at radius 1 is 1.43 bits per heavy atom. The molecule has 1 atom stereocenters. The highest BCUT2D eigenvalue weighted by Crippen LogP contribution is 2.09. The molecule has 14 heavy (non-hydrogen) atoms. The lowest BCUT2D eigenvalue weighted by molar-refractivity contribution is 0.0846. The average molecular weight is 200 g/mol. The minimum absolute atomic E-state index is 0.753.